The van der Waals surface area contributed by atoms with Crippen molar-refractivity contribution in [2.45, 2.75) is 6.92 Å². The van der Waals surface area contributed by atoms with Crippen molar-refractivity contribution in [3.8, 4) is 6.07 Å². The molecule has 5 nitrogen and oxygen atoms in total. The maximum Gasteiger partial charge on any atom is 0.270 e. The Kier molecular flexibility index (Phi) is 4.31. The van der Waals surface area contributed by atoms with E-state index in [4.69, 9.17) is 11.6 Å². The van der Waals surface area contributed by atoms with Gasteiger partial charge in [0.2, 0.25) is 0 Å². The quantitative estimate of drug-likeness (QED) is 0.488. The van der Waals surface area contributed by atoms with Crippen LogP contribution in [0.15, 0.2) is 42.7 Å². The summed E-state index contributed by atoms with van der Waals surface area (Å²) in [4.78, 5) is 14.3. The second-order valence-corrected chi connectivity index (χ2v) is 4.73. The van der Waals surface area contributed by atoms with E-state index in [9.17, 15) is 15.4 Å². The number of rotatable bonds is 3. The highest BCUT2D eigenvalue weighted by atomic mass is 35.5. The standard InChI is InChI=1S/C15H10ClN3O2/c1-10-6-12(8-13(7-10)19(20)21)15(16)14(9-17)11-2-4-18-5-3-11/h2-8H,1H3/b15-14+. The molecule has 0 fully saturated rings. The molecule has 1 heterocycles. The summed E-state index contributed by atoms with van der Waals surface area (Å²) < 4.78 is 0. The molecule has 104 valence electrons. The van der Waals surface area contributed by atoms with Gasteiger partial charge >= 0.3 is 0 Å². The molecule has 6 heteroatoms. The van der Waals surface area contributed by atoms with E-state index in [1.54, 1.807) is 37.5 Å². The van der Waals surface area contributed by atoms with Gasteiger partial charge in [0.15, 0.2) is 0 Å². The third kappa shape index (κ3) is 3.25. The number of halogens is 1. The number of non-ortho nitro benzene ring substituents is 1. The van der Waals surface area contributed by atoms with Crippen LogP contribution >= 0.6 is 11.6 Å². The van der Waals surface area contributed by atoms with Crippen molar-refractivity contribution in [2.75, 3.05) is 0 Å². The Morgan fingerprint density at radius 1 is 1.29 bits per heavy atom. The minimum atomic E-state index is -0.487. The number of pyridine rings is 1. The summed E-state index contributed by atoms with van der Waals surface area (Å²) in [5.74, 6) is 0. The Bertz CT molecular complexity index is 764. The third-order valence-electron chi connectivity index (χ3n) is 2.83. The molecule has 0 aliphatic carbocycles. The van der Waals surface area contributed by atoms with Gasteiger partial charge in [0.05, 0.1) is 15.5 Å². The number of aryl methyl sites for hydroxylation is 1. The van der Waals surface area contributed by atoms with Gasteiger partial charge in [0.25, 0.3) is 5.69 Å². The second-order valence-electron chi connectivity index (χ2n) is 4.35. The normalized spacial score (nSPS) is 11.5. The molecule has 0 atom stereocenters. The number of nitrogens with zero attached hydrogens (tertiary/aromatic N) is 3. The number of benzene rings is 1. The molecule has 2 rings (SSSR count). The molecule has 0 radical (unpaired) electrons. The summed E-state index contributed by atoms with van der Waals surface area (Å²) in [6, 6.07) is 9.86. The lowest BCUT2D eigenvalue weighted by molar-refractivity contribution is -0.384. The van der Waals surface area contributed by atoms with Gasteiger partial charge in [-0.05, 0) is 36.2 Å². The molecule has 0 spiro atoms. The van der Waals surface area contributed by atoms with Crippen molar-refractivity contribution in [1.82, 2.24) is 4.98 Å². The molecule has 21 heavy (non-hydrogen) atoms. The van der Waals surface area contributed by atoms with Crippen LogP contribution in [0.4, 0.5) is 5.69 Å². The number of hydrogen-bond donors (Lipinski definition) is 0. The minimum absolute atomic E-state index is 0.0600. The number of nitro groups is 1. The Morgan fingerprint density at radius 2 is 1.95 bits per heavy atom. The van der Waals surface area contributed by atoms with Crippen LogP contribution in [0.25, 0.3) is 10.6 Å². The molecule has 2 aromatic rings. The van der Waals surface area contributed by atoms with E-state index in [0.717, 1.165) is 0 Å². The van der Waals surface area contributed by atoms with Gasteiger partial charge in [-0.25, -0.2) is 0 Å². The van der Waals surface area contributed by atoms with E-state index >= 15 is 0 Å². The molecule has 0 bridgehead atoms. The zero-order chi connectivity index (χ0) is 15.4. The summed E-state index contributed by atoms with van der Waals surface area (Å²) in [5, 5.41) is 20.4. The summed E-state index contributed by atoms with van der Waals surface area (Å²) in [7, 11) is 0. The van der Waals surface area contributed by atoms with E-state index in [1.807, 2.05) is 6.07 Å². The number of aromatic nitrogens is 1. The molecule has 0 aliphatic heterocycles. The molecule has 0 saturated carbocycles. The van der Waals surface area contributed by atoms with Gasteiger partial charge in [-0.2, -0.15) is 5.26 Å². The Hall–Kier alpha value is -2.71. The van der Waals surface area contributed by atoms with Crippen LogP contribution in [0.1, 0.15) is 16.7 Å². The van der Waals surface area contributed by atoms with Crippen molar-refractivity contribution in [3.05, 3.63) is 69.5 Å². The lowest BCUT2D eigenvalue weighted by Gasteiger charge is -2.05. The predicted octanol–water partition coefficient (Wildman–Crippen LogP) is 3.93. The van der Waals surface area contributed by atoms with E-state index < -0.39 is 4.92 Å². The van der Waals surface area contributed by atoms with Crippen molar-refractivity contribution < 1.29 is 4.92 Å². The van der Waals surface area contributed by atoms with Crippen LogP contribution in [0.2, 0.25) is 0 Å². The van der Waals surface area contributed by atoms with Crippen molar-refractivity contribution in [3.63, 3.8) is 0 Å². The highest BCUT2D eigenvalue weighted by Crippen LogP contribution is 2.31. The average Bonchev–Trinajstić information content (AvgIpc) is 2.48. The van der Waals surface area contributed by atoms with Gasteiger partial charge in [0, 0.05) is 30.1 Å². The first kappa shape index (κ1) is 14.7. The Balaban J connectivity index is 2.61. The van der Waals surface area contributed by atoms with Crippen LogP contribution in [0.5, 0.6) is 0 Å². The molecule has 0 amide bonds. The van der Waals surface area contributed by atoms with E-state index in [0.29, 0.717) is 16.7 Å². The largest absolute Gasteiger partial charge is 0.270 e. The Labute approximate surface area is 126 Å². The summed E-state index contributed by atoms with van der Waals surface area (Å²) >= 11 is 6.27. The first-order valence-electron chi connectivity index (χ1n) is 5.99. The molecular weight excluding hydrogens is 290 g/mol. The number of allylic oxidation sites excluding steroid dienone is 1. The molecule has 0 N–H and O–H groups in total. The summed E-state index contributed by atoms with van der Waals surface area (Å²) in [5.41, 5.74) is 1.94. The van der Waals surface area contributed by atoms with E-state index in [1.165, 1.54) is 12.1 Å². The first-order chi connectivity index (χ1) is 10.0. The Morgan fingerprint density at radius 3 is 2.52 bits per heavy atom. The summed E-state index contributed by atoms with van der Waals surface area (Å²) in [6.07, 6.45) is 3.10. The van der Waals surface area contributed by atoms with Crippen LogP contribution in [-0.4, -0.2) is 9.91 Å². The highest BCUT2D eigenvalue weighted by Gasteiger charge is 2.14. The zero-order valence-corrected chi connectivity index (χ0v) is 11.8. The predicted molar refractivity (Wildman–Crippen MR) is 80.4 cm³/mol. The van der Waals surface area contributed by atoms with Crippen molar-refractivity contribution >= 4 is 27.9 Å². The highest BCUT2D eigenvalue weighted by molar-refractivity contribution is 6.53. The zero-order valence-electron chi connectivity index (χ0n) is 11.1. The maximum atomic E-state index is 10.9. The van der Waals surface area contributed by atoms with Gasteiger partial charge in [0.1, 0.15) is 6.07 Å². The minimum Gasteiger partial charge on any atom is -0.265 e. The van der Waals surface area contributed by atoms with Crippen molar-refractivity contribution in [2.24, 2.45) is 0 Å². The average molecular weight is 300 g/mol. The molecule has 1 aromatic carbocycles. The fourth-order valence-corrected chi connectivity index (χ4v) is 2.16. The molecule has 1 aromatic heterocycles. The molecular formula is C15H10ClN3O2. The lowest BCUT2D eigenvalue weighted by Crippen LogP contribution is -1.92. The smallest absolute Gasteiger partial charge is 0.265 e. The monoisotopic (exact) mass is 299 g/mol. The fourth-order valence-electron chi connectivity index (χ4n) is 1.90. The van der Waals surface area contributed by atoms with Gasteiger partial charge in [-0.1, -0.05) is 11.6 Å². The number of hydrogen-bond acceptors (Lipinski definition) is 4. The first-order valence-corrected chi connectivity index (χ1v) is 6.37. The molecule has 0 saturated heterocycles. The third-order valence-corrected chi connectivity index (χ3v) is 3.23. The van der Waals surface area contributed by atoms with Gasteiger partial charge in [-0.15, -0.1) is 0 Å². The molecule has 0 aliphatic rings. The van der Waals surface area contributed by atoms with E-state index in [-0.39, 0.29) is 16.3 Å². The lowest BCUT2D eigenvalue weighted by atomic mass is 10.0. The molecule has 0 unspecified atom stereocenters. The second kappa shape index (κ2) is 6.16. The maximum absolute atomic E-state index is 10.9. The number of nitro benzene ring substituents is 1. The van der Waals surface area contributed by atoms with E-state index in [2.05, 4.69) is 4.98 Å². The van der Waals surface area contributed by atoms with Crippen LogP contribution in [-0.2, 0) is 0 Å². The van der Waals surface area contributed by atoms with Crippen molar-refractivity contribution in [1.29, 1.82) is 5.26 Å². The van der Waals surface area contributed by atoms with Crippen LogP contribution < -0.4 is 0 Å². The van der Waals surface area contributed by atoms with Crippen LogP contribution in [0.3, 0.4) is 0 Å². The van der Waals surface area contributed by atoms with Crippen LogP contribution in [0, 0.1) is 28.4 Å². The number of nitriles is 1. The SMILES string of the molecule is Cc1cc(/C(Cl)=C(/C#N)c2ccncc2)cc([N+](=O)[O-])c1. The van der Waals surface area contributed by atoms with Gasteiger partial charge in [-0.3, -0.25) is 15.1 Å². The topological polar surface area (TPSA) is 79.8 Å². The fraction of sp³-hybridized carbons (Fsp3) is 0.0667. The summed E-state index contributed by atoms with van der Waals surface area (Å²) in [6.45, 7) is 1.74. The van der Waals surface area contributed by atoms with Gasteiger partial charge < -0.3 is 0 Å².